The summed E-state index contributed by atoms with van der Waals surface area (Å²) in [5, 5.41) is 2.60. The van der Waals surface area contributed by atoms with E-state index in [2.05, 4.69) is 26.2 Å². The second-order valence-electron chi connectivity index (χ2n) is 5.09. The molecule has 3 nitrogen and oxygen atoms in total. The van der Waals surface area contributed by atoms with Crippen LogP contribution in [0.3, 0.4) is 0 Å². The highest BCUT2D eigenvalue weighted by Crippen LogP contribution is 2.39. The van der Waals surface area contributed by atoms with Crippen LogP contribution in [0, 0.1) is 5.82 Å². The van der Waals surface area contributed by atoms with Crippen LogP contribution in [-0.4, -0.2) is 23.6 Å². The monoisotopic (exact) mass is 350 g/mol. The molecule has 0 amide bonds. The fourth-order valence-corrected chi connectivity index (χ4v) is 2.22. The van der Waals surface area contributed by atoms with Gasteiger partial charge in [0.05, 0.1) is 5.69 Å². The minimum Gasteiger partial charge on any atom is -0.453 e. The van der Waals surface area contributed by atoms with E-state index in [1.165, 1.54) is 39.0 Å². The standard InChI is InChI=1S/C13H14BrF3N2O/c1-7-13(16,17)12(2,3)20-11(18-7)19-10-6-8(14)4-5-9(10)15/h4-7H,1-3H3,(H,18,19)/t7-/m1/s1. The van der Waals surface area contributed by atoms with Crippen molar-refractivity contribution >= 4 is 27.6 Å². The van der Waals surface area contributed by atoms with Crippen LogP contribution in [0.5, 0.6) is 0 Å². The third-order valence-corrected chi connectivity index (χ3v) is 3.65. The van der Waals surface area contributed by atoms with Crippen molar-refractivity contribution in [2.24, 2.45) is 4.99 Å². The lowest BCUT2D eigenvalue weighted by Gasteiger charge is -2.40. The molecule has 1 aliphatic rings. The van der Waals surface area contributed by atoms with Gasteiger partial charge in [0, 0.05) is 4.47 Å². The van der Waals surface area contributed by atoms with E-state index < -0.39 is 23.4 Å². The predicted octanol–water partition coefficient (Wildman–Crippen LogP) is 4.19. The number of hydrogen-bond acceptors (Lipinski definition) is 3. The topological polar surface area (TPSA) is 33.6 Å². The maximum Gasteiger partial charge on any atom is 0.308 e. The predicted molar refractivity (Wildman–Crippen MR) is 74.7 cm³/mol. The first-order valence-electron chi connectivity index (χ1n) is 6.00. The first-order valence-corrected chi connectivity index (χ1v) is 6.79. The van der Waals surface area contributed by atoms with Crippen LogP contribution in [0.4, 0.5) is 18.9 Å². The van der Waals surface area contributed by atoms with Crippen LogP contribution in [0.1, 0.15) is 20.8 Å². The molecule has 1 aromatic rings. The summed E-state index contributed by atoms with van der Waals surface area (Å²) < 4.78 is 47.2. The van der Waals surface area contributed by atoms with Gasteiger partial charge in [-0.3, -0.25) is 0 Å². The molecule has 1 N–H and O–H groups in total. The second-order valence-corrected chi connectivity index (χ2v) is 6.01. The van der Waals surface area contributed by atoms with Crippen LogP contribution in [0.25, 0.3) is 0 Å². The third-order valence-electron chi connectivity index (χ3n) is 3.16. The Bertz CT molecular complexity index is 561. The zero-order chi connectivity index (χ0) is 15.1. The summed E-state index contributed by atoms with van der Waals surface area (Å²) in [6.45, 7) is 3.84. The number of amidine groups is 1. The molecule has 2 rings (SSSR count). The lowest BCUT2D eigenvalue weighted by molar-refractivity contribution is -0.174. The second kappa shape index (κ2) is 4.95. The van der Waals surface area contributed by atoms with Crippen molar-refractivity contribution < 1.29 is 17.9 Å². The molecule has 1 aliphatic heterocycles. The van der Waals surface area contributed by atoms with E-state index in [9.17, 15) is 13.2 Å². The number of alkyl halides is 2. The first kappa shape index (κ1) is 15.2. The SMILES string of the molecule is C[C@H]1N=C(Nc2cc(Br)ccc2F)OC(C)(C)C1(F)F. The summed E-state index contributed by atoms with van der Waals surface area (Å²) in [6.07, 6.45) is 0. The van der Waals surface area contributed by atoms with E-state index in [-0.39, 0.29) is 11.7 Å². The first-order chi connectivity index (χ1) is 9.13. The molecule has 1 heterocycles. The molecule has 0 radical (unpaired) electrons. The molecular weight excluding hydrogens is 337 g/mol. The molecular formula is C13H14BrF3N2O. The van der Waals surface area contributed by atoms with Crippen molar-refractivity contribution in [1.29, 1.82) is 0 Å². The van der Waals surface area contributed by atoms with Gasteiger partial charge in [-0.25, -0.2) is 9.38 Å². The van der Waals surface area contributed by atoms with Crippen molar-refractivity contribution in [3.05, 3.63) is 28.5 Å². The zero-order valence-corrected chi connectivity index (χ0v) is 12.8. The van der Waals surface area contributed by atoms with E-state index >= 15 is 0 Å². The number of benzene rings is 1. The Morgan fingerprint density at radius 1 is 1.35 bits per heavy atom. The molecule has 0 aromatic heterocycles. The summed E-state index contributed by atoms with van der Waals surface area (Å²) >= 11 is 3.21. The molecule has 7 heteroatoms. The van der Waals surface area contributed by atoms with Gasteiger partial charge in [-0.2, -0.15) is 8.78 Å². The zero-order valence-electron chi connectivity index (χ0n) is 11.2. The molecule has 1 aromatic carbocycles. The Labute approximate surface area is 123 Å². The van der Waals surface area contributed by atoms with Crippen molar-refractivity contribution in [1.82, 2.24) is 0 Å². The van der Waals surface area contributed by atoms with Crippen LogP contribution >= 0.6 is 15.9 Å². The van der Waals surface area contributed by atoms with Crippen LogP contribution < -0.4 is 5.32 Å². The minimum atomic E-state index is -3.10. The summed E-state index contributed by atoms with van der Waals surface area (Å²) in [6, 6.07) is 2.88. The molecule has 0 fully saturated rings. The number of anilines is 1. The normalized spacial score (nSPS) is 23.8. The van der Waals surface area contributed by atoms with E-state index in [1.807, 2.05) is 0 Å². The Hall–Kier alpha value is -1.24. The smallest absolute Gasteiger partial charge is 0.308 e. The number of ether oxygens (including phenoxy) is 1. The molecule has 110 valence electrons. The van der Waals surface area contributed by atoms with Crippen molar-refractivity contribution in [3.63, 3.8) is 0 Å². The maximum atomic E-state index is 13.9. The van der Waals surface area contributed by atoms with Gasteiger partial charge >= 0.3 is 5.92 Å². The molecule has 0 saturated heterocycles. The minimum absolute atomic E-state index is 0.103. The number of nitrogens with zero attached hydrogens (tertiary/aromatic N) is 1. The average Bonchev–Trinajstić information content (AvgIpc) is 2.31. The molecule has 0 saturated carbocycles. The van der Waals surface area contributed by atoms with Gasteiger partial charge in [0.15, 0.2) is 5.60 Å². The molecule has 20 heavy (non-hydrogen) atoms. The quantitative estimate of drug-likeness (QED) is 0.823. The number of aliphatic imine (C=N–C) groups is 1. The van der Waals surface area contributed by atoms with Gasteiger partial charge in [0.1, 0.15) is 11.9 Å². The van der Waals surface area contributed by atoms with E-state index in [0.29, 0.717) is 4.47 Å². The van der Waals surface area contributed by atoms with Crippen molar-refractivity contribution in [3.8, 4) is 0 Å². The van der Waals surface area contributed by atoms with Crippen LogP contribution in [0.15, 0.2) is 27.7 Å². The van der Waals surface area contributed by atoms with Gasteiger partial charge in [-0.15, -0.1) is 0 Å². The van der Waals surface area contributed by atoms with E-state index in [4.69, 9.17) is 4.74 Å². The molecule has 0 unspecified atom stereocenters. The Morgan fingerprint density at radius 2 is 2.00 bits per heavy atom. The Kier molecular flexibility index (Phi) is 3.75. The van der Waals surface area contributed by atoms with Gasteiger partial charge in [-0.1, -0.05) is 15.9 Å². The number of rotatable bonds is 1. The summed E-state index contributed by atoms with van der Waals surface area (Å²) in [5.74, 6) is -3.63. The van der Waals surface area contributed by atoms with Crippen LogP contribution in [-0.2, 0) is 4.74 Å². The molecule has 1 atom stereocenters. The van der Waals surface area contributed by atoms with Gasteiger partial charge in [0.25, 0.3) is 6.02 Å². The highest BCUT2D eigenvalue weighted by molar-refractivity contribution is 9.10. The lowest BCUT2D eigenvalue weighted by atomic mass is 9.93. The summed E-state index contributed by atoms with van der Waals surface area (Å²) in [7, 11) is 0. The lowest BCUT2D eigenvalue weighted by Crippen LogP contribution is -2.56. The van der Waals surface area contributed by atoms with Gasteiger partial charge < -0.3 is 10.1 Å². The number of halogens is 4. The number of hydrogen-bond donors (Lipinski definition) is 1. The maximum absolute atomic E-state index is 13.9. The summed E-state index contributed by atoms with van der Waals surface area (Å²) in [4.78, 5) is 3.75. The molecule has 0 spiro atoms. The van der Waals surface area contributed by atoms with E-state index in [1.54, 1.807) is 0 Å². The van der Waals surface area contributed by atoms with Crippen LogP contribution in [0.2, 0.25) is 0 Å². The fourth-order valence-electron chi connectivity index (χ4n) is 1.86. The largest absolute Gasteiger partial charge is 0.453 e. The Balaban J connectivity index is 2.29. The Morgan fingerprint density at radius 3 is 2.60 bits per heavy atom. The van der Waals surface area contributed by atoms with Crippen molar-refractivity contribution in [2.45, 2.75) is 38.3 Å². The average molecular weight is 351 g/mol. The highest BCUT2D eigenvalue weighted by Gasteiger charge is 2.56. The fraction of sp³-hybridized carbons (Fsp3) is 0.462. The van der Waals surface area contributed by atoms with E-state index in [0.717, 1.165) is 0 Å². The summed E-state index contributed by atoms with van der Waals surface area (Å²) in [5.41, 5.74) is -1.62. The van der Waals surface area contributed by atoms with Gasteiger partial charge in [-0.05, 0) is 39.0 Å². The molecule has 0 aliphatic carbocycles. The third kappa shape index (κ3) is 2.63. The molecule has 0 bridgehead atoms. The van der Waals surface area contributed by atoms with Crippen molar-refractivity contribution in [2.75, 3.05) is 5.32 Å². The van der Waals surface area contributed by atoms with Gasteiger partial charge in [0.2, 0.25) is 0 Å². The number of nitrogens with one attached hydrogen (secondary N) is 1. The highest BCUT2D eigenvalue weighted by atomic mass is 79.9.